The van der Waals surface area contributed by atoms with Crippen LogP contribution in [-0.4, -0.2) is 4.98 Å². The topological polar surface area (TPSA) is 12.9 Å². The van der Waals surface area contributed by atoms with Gasteiger partial charge in [-0.05, 0) is 23.9 Å². The zero-order valence-electron chi connectivity index (χ0n) is 7.15. The van der Waals surface area contributed by atoms with Crippen molar-refractivity contribution in [1.82, 2.24) is 4.98 Å². The van der Waals surface area contributed by atoms with Crippen LogP contribution in [0.3, 0.4) is 0 Å². The Labute approximate surface area is 90.9 Å². The van der Waals surface area contributed by atoms with Gasteiger partial charge in [0.15, 0.2) is 0 Å². The highest BCUT2D eigenvalue weighted by molar-refractivity contribution is 7.79. The molecule has 68 valence electrons. The third-order valence-corrected chi connectivity index (χ3v) is 4.16. The van der Waals surface area contributed by atoms with E-state index in [1.165, 1.54) is 10.4 Å². The summed E-state index contributed by atoms with van der Waals surface area (Å²) in [4.78, 5) is 5.77. The Kier molecular flexibility index (Phi) is 2.71. The molecular weight excluding hydrogens is 218 g/mol. The van der Waals surface area contributed by atoms with Crippen molar-refractivity contribution in [3.63, 3.8) is 0 Å². The Balaban J connectivity index is 2.41. The summed E-state index contributed by atoms with van der Waals surface area (Å²) < 4.78 is 0. The van der Waals surface area contributed by atoms with Crippen LogP contribution in [0, 0.1) is 6.92 Å². The lowest BCUT2D eigenvalue weighted by Crippen LogP contribution is -1.77. The number of thiophene rings is 1. The van der Waals surface area contributed by atoms with Crippen LogP contribution >= 0.6 is 35.3 Å². The lowest BCUT2D eigenvalue weighted by Gasteiger charge is -1.91. The Bertz CT molecular complexity index is 402. The van der Waals surface area contributed by atoms with Crippen LogP contribution < -0.4 is 0 Å². The molecule has 4 heteroatoms. The summed E-state index contributed by atoms with van der Waals surface area (Å²) in [5.74, 6) is 0.723. The van der Waals surface area contributed by atoms with Crippen LogP contribution in [0.4, 0.5) is 0 Å². The van der Waals surface area contributed by atoms with Crippen molar-refractivity contribution in [3.05, 3.63) is 28.1 Å². The fourth-order valence-electron chi connectivity index (χ4n) is 1.08. The molecule has 2 aromatic rings. The molecule has 2 heterocycles. The van der Waals surface area contributed by atoms with E-state index in [2.05, 4.69) is 41.4 Å². The van der Waals surface area contributed by atoms with Crippen LogP contribution in [0.5, 0.6) is 0 Å². The predicted octanol–water partition coefficient (Wildman–Crippen LogP) is 3.61. The van der Waals surface area contributed by atoms with Gasteiger partial charge in [-0.25, -0.2) is 4.98 Å². The van der Waals surface area contributed by atoms with E-state index >= 15 is 0 Å². The lowest BCUT2D eigenvalue weighted by atomic mass is 10.3. The van der Waals surface area contributed by atoms with E-state index < -0.39 is 0 Å². The molecule has 0 atom stereocenters. The van der Waals surface area contributed by atoms with Crippen molar-refractivity contribution < 1.29 is 0 Å². The van der Waals surface area contributed by atoms with Crippen molar-refractivity contribution >= 4 is 35.3 Å². The first-order valence-electron chi connectivity index (χ1n) is 3.91. The SMILES string of the molecule is Cc1ccsc1-c1nc(CS)cs1. The molecule has 0 saturated carbocycles. The molecule has 2 rings (SSSR count). The molecule has 0 bridgehead atoms. The standard InChI is InChI=1S/C9H9NS3/c1-6-2-3-12-8(6)9-10-7(4-11)5-13-9/h2-3,5,11H,4H2,1H3. The maximum Gasteiger partial charge on any atom is 0.133 e. The van der Waals surface area contributed by atoms with Gasteiger partial charge in [0, 0.05) is 11.1 Å². The van der Waals surface area contributed by atoms with Gasteiger partial charge in [0.25, 0.3) is 0 Å². The largest absolute Gasteiger partial charge is 0.239 e. The van der Waals surface area contributed by atoms with E-state index in [1.807, 2.05) is 0 Å². The van der Waals surface area contributed by atoms with Gasteiger partial charge in [-0.3, -0.25) is 0 Å². The molecule has 0 N–H and O–H groups in total. The highest BCUT2D eigenvalue weighted by Crippen LogP contribution is 2.31. The molecule has 0 radical (unpaired) electrons. The second kappa shape index (κ2) is 3.82. The molecule has 0 aliphatic rings. The number of hydrogen-bond donors (Lipinski definition) is 1. The number of thiol groups is 1. The van der Waals surface area contributed by atoms with Gasteiger partial charge >= 0.3 is 0 Å². The van der Waals surface area contributed by atoms with Gasteiger partial charge in [-0.2, -0.15) is 12.6 Å². The summed E-state index contributed by atoms with van der Waals surface area (Å²) >= 11 is 7.64. The Hall–Kier alpha value is -0.320. The van der Waals surface area contributed by atoms with Gasteiger partial charge < -0.3 is 0 Å². The third kappa shape index (κ3) is 1.80. The lowest BCUT2D eigenvalue weighted by molar-refractivity contribution is 1.24. The first-order valence-corrected chi connectivity index (χ1v) is 6.30. The van der Waals surface area contributed by atoms with E-state index in [9.17, 15) is 0 Å². The van der Waals surface area contributed by atoms with E-state index in [4.69, 9.17) is 0 Å². The first kappa shape index (κ1) is 9.24. The molecule has 0 aliphatic carbocycles. The van der Waals surface area contributed by atoms with Crippen molar-refractivity contribution in [1.29, 1.82) is 0 Å². The summed E-state index contributed by atoms with van der Waals surface area (Å²) in [6, 6.07) is 2.13. The molecule has 0 fully saturated rings. The quantitative estimate of drug-likeness (QED) is 0.773. The molecule has 0 amide bonds. The highest BCUT2D eigenvalue weighted by atomic mass is 32.1. The van der Waals surface area contributed by atoms with E-state index in [-0.39, 0.29) is 0 Å². The zero-order valence-corrected chi connectivity index (χ0v) is 9.68. The van der Waals surface area contributed by atoms with E-state index in [0.717, 1.165) is 16.5 Å². The number of aryl methyl sites for hydroxylation is 1. The first-order chi connectivity index (χ1) is 6.31. The fourth-order valence-corrected chi connectivity index (χ4v) is 3.28. The van der Waals surface area contributed by atoms with Crippen LogP contribution in [0.25, 0.3) is 9.88 Å². The summed E-state index contributed by atoms with van der Waals surface area (Å²) in [5.41, 5.74) is 2.38. The molecule has 0 spiro atoms. The fraction of sp³-hybridized carbons (Fsp3) is 0.222. The van der Waals surface area contributed by atoms with Crippen LogP contribution in [0.1, 0.15) is 11.3 Å². The second-order valence-electron chi connectivity index (χ2n) is 2.73. The molecule has 0 aromatic carbocycles. The van der Waals surface area contributed by atoms with Crippen LogP contribution in [0.15, 0.2) is 16.8 Å². The zero-order chi connectivity index (χ0) is 9.26. The van der Waals surface area contributed by atoms with E-state index in [0.29, 0.717) is 0 Å². The molecule has 1 nitrogen and oxygen atoms in total. The van der Waals surface area contributed by atoms with Crippen LogP contribution in [-0.2, 0) is 5.75 Å². The minimum atomic E-state index is 0.723. The van der Waals surface area contributed by atoms with Crippen molar-refractivity contribution in [2.75, 3.05) is 0 Å². The average Bonchev–Trinajstić information content (AvgIpc) is 2.71. The molecule has 0 saturated heterocycles. The summed E-state index contributed by atoms with van der Waals surface area (Å²) in [6.07, 6.45) is 0. The summed E-state index contributed by atoms with van der Waals surface area (Å²) in [6.45, 7) is 2.12. The number of hydrogen-bond acceptors (Lipinski definition) is 4. The smallest absolute Gasteiger partial charge is 0.133 e. The predicted molar refractivity (Wildman–Crippen MR) is 62.9 cm³/mol. The number of thiazole rings is 1. The third-order valence-electron chi connectivity index (χ3n) is 1.77. The molecule has 2 aromatic heterocycles. The number of aromatic nitrogens is 1. The van der Waals surface area contributed by atoms with Gasteiger partial charge in [-0.1, -0.05) is 0 Å². The Morgan fingerprint density at radius 1 is 1.46 bits per heavy atom. The Morgan fingerprint density at radius 2 is 2.31 bits per heavy atom. The molecule has 0 aliphatic heterocycles. The number of nitrogens with zero attached hydrogens (tertiary/aromatic N) is 1. The molecule has 0 unspecified atom stereocenters. The van der Waals surface area contributed by atoms with Gasteiger partial charge in [-0.15, -0.1) is 22.7 Å². The highest BCUT2D eigenvalue weighted by Gasteiger charge is 2.07. The van der Waals surface area contributed by atoms with Gasteiger partial charge in [0.1, 0.15) is 5.01 Å². The molecular formula is C9H9NS3. The Morgan fingerprint density at radius 3 is 2.85 bits per heavy atom. The maximum atomic E-state index is 4.48. The minimum absolute atomic E-state index is 0.723. The summed E-state index contributed by atoms with van der Waals surface area (Å²) in [5, 5.41) is 5.30. The van der Waals surface area contributed by atoms with Crippen LogP contribution in [0.2, 0.25) is 0 Å². The summed E-state index contributed by atoms with van der Waals surface area (Å²) in [7, 11) is 0. The van der Waals surface area contributed by atoms with Crippen molar-refractivity contribution in [3.8, 4) is 9.88 Å². The average molecular weight is 227 g/mol. The molecule has 13 heavy (non-hydrogen) atoms. The van der Waals surface area contributed by atoms with E-state index in [1.54, 1.807) is 22.7 Å². The minimum Gasteiger partial charge on any atom is -0.239 e. The van der Waals surface area contributed by atoms with Crippen molar-refractivity contribution in [2.24, 2.45) is 0 Å². The second-order valence-corrected chi connectivity index (χ2v) is 4.83. The maximum absolute atomic E-state index is 4.48. The number of rotatable bonds is 2. The monoisotopic (exact) mass is 227 g/mol. The van der Waals surface area contributed by atoms with Gasteiger partial charge in [0.2, 0.25) is 0 Å². The normalized spacial score (nSPS) is 10.6. The van der Waals surface area contributed by atoms with Crippen molar-refractivity contribution in [2.45, 2.75) is 12.7 Å². The van der Waals surface area contributed by atoms with Gasteiger partial charge in [0.05, 0.1) is 10.6 Å².